The molecule has 1 aliphatic heterocycles. The first-order valence-corrected chi connectivity index (χ1v) is 11.8. The standard InChI is InChI=1S/C22H29BrO4/c1-11(24)26-10-21-8-5-14-15(16(21)12-9-13(12)18(21)25)17(23)19-22(27-19)7-4-3-6-20(14,22)2/h12-17,19H,3-10H2,1-2H3/t12-,13+,14+,15-,16+,17+,19-,20-,21-,22-/m1/s1. The third-order valence-electron chi connectivity index (χ3n) is 9.76. The van der Waals surface area contributed by atoms with Crippen molar-refractivity contribution in [2.24, 2.45) is 40.4 Å². The van der Waals surface area contributed by atoms with E-state index < -0.39 is 5.41 Å². The molecule has 0 unspecified atom stereocenters. The average Bonchev–Trinajstić information content (AvgIpc) is 3.54. The van der Waals surface area contributed by atoms with Crippen molar-refractivity contribution in [1.29, 1.82) is 0 Å². The molecule has 1 spiro atoms. The molecule has 0 aromatic rings. The zero-order valence-corrected chi connectivity index (χ0v) is 17.8. The summed E-state index contributed by atoms with van der Waals surface area (Å²) in [6, 6.07) is 0. The normalized spacial score (nSPS) is 59.7. The number of Topliss-reactive ketones (excluding diaryl/α,β-unsaturated/α-hetero) is 1. The van der Waals surface area contributed by atoms with Crippen LogP contribution in [0, 0.1) is 40.4 Å². The molecule has 5 heteroatoms. The highest BCUT2D eigenvalue weighted by molar-refractivity contribution is 9.09. The fourth-order valence-corrected chi connectivity index (χ4v) is 9.77. The van der Waals surface area contributed by atoms with Gasteiger partial charge < -0.3 is 9.47 Å². The van der Waals surface area contributed by atoms with Crippen molar-refractivity contribution in [2.75, 3.05) is 6.61 Å². The summed E-state index contributed by atoms with van der Waals surface area (Å²) in [5.74, 6) is 2.33. The Hall–Kier alpha value is -0.420. The van der Waals surface area contributed by atoms with Crippen LogP contribution in [0.4, 0.5) is 0 Å². The highest BCUT2D eigenvalue weighted by Crippen LogP contribution is 2.77. The second-order valence-corrected chi connectivity index (χ2v) is 11.6. The summed E-state index contributed by atoms with van der Waals surface area (Å²) >= 11 is 4.08. The molecule has 4 nitrogen and oxygen atoms in total. The largest absolute Gasteiger partial charge is 0.465 e. The van der Waals surface area contributed by atoms with Crippen LogP contribution in [0.1, 0.15) is 58.8 Å². The molecular weight excluding hydrogens is 408 g/mol. The molecule has 10 atom stereocenters. The zero-order valence-electron chi connectivity index (χ0n) is 16.2. The van der Waals surface area contributed by atoms with E-state index in [0.29, 0.717) is 47.0 Å². The summed E-state index contributed by atoms with van der Waals surface area (Å²) in [7, 11) is 0. The molecule has 5 saturated carbocycles. The topological polar surface area (TPSA) is 55.9 Å². The zero-order chi connectivity index (χ0) is 18.8. The number of hydrogen-bond donors (Lipinski definition) is 0. The number of halogens is 1. The Morgan fingerprint density at radius 2 is 2.07 bits per heavy atom. The second-order valence-electron chi connectivity index (χ2n) is 10.6. The van der Waals surface area contributed by atoms with Gasteiger partial charge in [-0.15, -0.1) is 0 Å². The molecule has 6 rings (SSSR count). The number of carbonyl (C=O) groups excluding carboxylic acids is 2. The lowest BCUT2D eigenvalue weighted by molar-refractivity contribution is -0.160. The minimum absolute atomic E-state index is 0.0854. The van der Waals surface area contributed by atoms with Crippen LogP contribution in [-0.2, 0) is 19.1 Å². The second kappa shape index (κ2) is 5.19. The summed E-state index contributed by atoms with van der Waals surface area (Å²) in [4.78, 5) is 25.2. The lowest BCUT2D eigenvalue weighted by Crippen LogP contribution is -2.62. The first kappa shape index (κ1) is 17.4. The number of fused-ring (bicyclic) bond motifs is 6. The van der Waals surface area contributed by atoms with Crippen molar-refractivity contribution in [3.05, 3.63) is 0 Å². The molecule has 1 heterocycles. The quantitative estimate of drug-likeness (QED) is 0.374. The monoisotopic (exact) mass is 436 g/mol. The molecule has 0 aromatic heterocycles. The maximum absolute atomic E-state index is 13.3. The number of epoxide rings is 1. The molecule has 0 aromatic carbocycles. The van der Waals surface area contributed by atoms with Crippen molar-refractivity contribution in [3.63, 3.8) is 0 Å². The number of carbonyl (C=O) groups is 2. The minimum Gasteiger partial charge on any atom is -0.465 e. The Morgan fingerprint density at radius 3 is 2.85 bits per heavy atom. The summed E-state index contributed by atoms with van der Waals surface area (Å²) in [5.41, 5.74) is -0.0944. The van der Waals surface area contributed by atoms with Gasteiger partial charge in [0.05, 0.1) is 5.41 Å². The number of rotatable bonds is 2. The van der Waals surface area contributed by atoms with E-state index in [2.05, 4.69) is 22.9 Å². The van der Waals surface area contributed by atoms with E-state index in [0.717, 1.165) is 19.3 Å². The fourth-order valence-electron chi connectivity index (χ4n) is 8.54. The molecule has 5 aliphatic carbocycles. The Labute approximate surface area is 169 Å². The molecule has 0 radical (unpaired) electrons. The smallest absolute Gasteiger partial charge is 0.302 e. The molecule has 148 valence electrons. The molecule has 0 bridgehead atoms. The maximum Gasteiger partial charge on any atom is 0.302 e. The third kappa shape index (κ3) is 1.90. The Morgan fingerprint density at radius 1 is 1.30 bits per heavy atom. The predicted molar refractivity (Wildman–Crippen MR) is 102 cm³/mol. The van der Waals surface area contributed by atoms with Gasteiger partial charge in [0.2, 0.25) is 0 Å². The van der Waals surface area contributed by atoms with Crippen LogP contribution in [0.25, 0.3) is 0 Å². The third-order valence-corrected chi connectivity index (χ3v) is 10.8. The van der Waals surface area contributed by atoms with E-state index in [9.17, 15) is 9.59 Å². The fraction of sp³-hybridized carbons (Fsp3) is 0.909. The van der Waals surface area contributed by atoms with Crippen molar-refractivity contribution < 1.29 is 19.1 Å². The van der Waals surface area contributed by atoms with Gasteiger partial charge in [0.1, 0.15) is 24.1 Å². The van der Waals surface area contributed by atoms with Gasteiger partial charge in [-0.3, -0.25) is 9.59 Å². The molecule has 6 fully saturated rings. The summed E-state index contributed by atoms with van der Waals surface area (Å²) in [6.07, 6.45) is 8.38. The van der Waals surface area contributed by atoms with Gasteiger partial charge in [0.25, 0.3) is 0 Å². The molecule has 6 aliphatic rings. The summed E-state index contributed by atoms with van der Waals surface area (Å²) in [5, 5.41) is 0. The highest BCUT2D eigenvalue weighted by atomic mass is 79.9. The Balaban J connectivity index is 1.41. The number of ether oxygens (including phenoxy) is 2. The van der Waals surface area contributed by atoms with Crippen LogP contribution in [0.3, 0.4) is 0 Å². The first-order valence-electron chi connectivity index (χ1n) is 10.9. The highest BCUT2D eigenvalue weighted by Gasteiger charge is 2.81. The average molecular weight is 437 g/mol. The Bertz CT molecular complexity index is 738. The van der Waals surface area contributed by atoms with E-state index in [4.69, 9.17) is 9.47 Å². The van der Waals surface area contributed by atoms with Crippen molar-refractivity contribution in [1.82, 2.24) is 0 Å². The summed E-state index contributed by atoms with van der Waals surface area (Å²) < 4.78 is 12.0. The molecule has 1 saturated heterocycles. The van der Waals surface area contributed by atoms with Crippen molar-refractivity contribution in [2.45, 2.75) is 75.3 Å². The van der Waals surface area contributed by atoms with Gasteiger partial charge in [-0.2, -0.15) is 0 Å². The number of ketones is 1. The van der Waals surface area contributed by atoms with E-state index in [1.165, 1.54) is 32.6 Å². The van der Waals surface area contributed by atoms with E-state index in [1.807, 2.05) is 0 Å². The van der Waals surface area contributed by atoms with Gasteiger partial charge in [0.15, 0.2) is 0 Å². The number of hydrogen-bond acceptors (Lipinski definition) is 4. The lowest BCUT2D eigenvalue weighted by Gasteiger charge is -2.59. The van der Waals surface area contributed by atoms with E-state index in [1.54, 1.807) is 0 Å². The van der Waals surface area contributed by atoms with Crippen molar-refractivity contribution in [3.8, 4) is 0 Å². The van der Waals surface area contributed by atoms with Crippen LogP contribution in [0.2, 0.25) is 0 Å². The van der Waals surface area contributed by atoms with Crippen LogP contribution in [0.15, 0.2) is 0 Å². The molecular formula is C22H29BrO4. The van der Waals surface area contributed by atoms with Crippen LogP contribution < -0.4 is 0 Å². The summed E-state index contributed by atoms with van der Waals surface area (Å²) in [6.45, 7) is 4.25. The maximum atomic E-state index is 13.3. The molecule has 0 amide bonds. The van der Waals surface area contributed by atoms with Crippen molar-refractivity contribution >= 4 is 27.7 Å². The SMILES string of the molecule is CC(=O)OC[C@]12CC[C@H]3[C@@H]([C@H](Br)[C@H]4O[C@]45CCCC[C@]35C)[C@@H]1[C@@H]1C[C@@H]1C2=O. The van der Waals surface area contributed by atoms with Gasteiger partial charge in [-0.05, 0) is 55.8 Å². The Kier molecular flexibility index (Phi) is 3.35. The van der Waals surface area contributed by atoms with Gasteiger partial charge >= 0.3 is 5.97 Å². The minimum atomic E-state index is -0.424. The predicted octanol–water partition coefficient (Wildman–Crippen LogP) is 3.89. The lowest BCUT2D eigenvalue weighted by atomic mass is 9.44. The van der Waals surface area contributed by atoms with Crippen LogP contribution >= 0.6 is 15.9 Å². The van der Waals surface area contributed by atoms with E-state index in [-0.39, 0.29) is 22.9 Å². The molecule has 27 heavy (non-hydrogen) atoms. The van der Waals surface area contributed by atoms with Crippen LogP contribution in [0.5, 0.6) is 0 Å². The van der Waals surface area contributed by atoms with Crippen LogP contribution in [-0.4, -0.2) is 34.9 Å². The number of alkyl halides is 1. The van der Waals surface area contributed by atoms with E-state index >= 15 is 0 Å². The molecule has 0 N–H and O–H groups in total. The number of esters is 1. The first-order chi connectivity index (χ1) is 12.9. The van der Waals surface area contributed by atoms with Gasteiger partial charge in [0, 0.05) is 23.1 Å². The van der Waals surface area contributed by atoms with Gasteiger partial charge in [-0.1, -0.05) is 35.7 Å². The van der Waals surface area contributed by atoms with Gasteiger partial charge in [-0.25, -0.2) is 0 Å².